The molecule has 0 saturated heterocycles. The van der Waals surface area contributed by atoms with Crippen LogP contribution in [-0.2, 0) is 15.3 Å². The number of amides is 1. The van der Waals surface area contributed by atoms with Crippen molar-refractivity contribution in [3.05, 3.63) is 34.9 Å². The number of carboxylic acids is 1. The zero-order valence-corrected chi connectivity index (χ0v) is 14.1. The summed E-state index contributed by atoms with van der Waals surface area (Å²) in [5.74, 6) is -0.898. The van der Waals surface area contributed by atoms with Gasteiger partial charge in [-0.3, -0.25) is 10.1 Å². The van der Waals surface area contributed by atoms with E-state index in [4.69, 9.17) is 11.6 Å². The molecular weight excluding hydrogens is 360 g/mol. The van der Waals surface area contributed by atoms with Crippen molar-refractivity contribution in [2.45, 2.75) is 10.9 Å². The van der Waals surface area contributed by atoms with Crippen LogP contribution in [0, 0.1) is 0 Å². The fourth-order valence-corrected chi connectivity index (χ4v) is 2.90. The van der Waals surface area contributed by atoms with Gasteiger partial charge in [0.2, 0.25) is 17.0 Å². The quantitative estimate of drug-likeness (QED) is 0.670. The summed E-state index contributed by atoms with van der Waals surface area (Å²) in [6.45, 7) is 0. The molecule has 0 bridgehead atoms. The second-order valence-corrected chi connectivity index (χ2v) is 6.66. The third-order valence-electron chi connectivity index (χ3n) is 2.46. The number of thioether (sulfide) groups is 2. The number of benzene rings is 1. The number of hydrogen-bond acceptors (Lipinski definition) is 7. The first-order valence-corrected chi connectivity index (χ1v) is 8.92. The number of anilines is 1. The van der Waals surface area contributed by atoms with E-state index in [1.807, 2.05) is 24.3 Å². The van der Waals surface area contributed by atoms with Gasteiger partial charge >= 0.3 is 0 Å². The maximum atomic E-state index is 11.6. The van der Waals surface area contributed by atoms with E-state index in [1.54, 1.807) is 0 Å². The zero-order valence-electron chi connectivity index (χ0n) is 11.7. The minimum absolute atomic E-state index is 0.00192. The van der Waals surface area contributed by atoms with Gasteiger partial charge in [-0.05, 0) is 17.7 Å². The molecule has 2 rings (SSSR count). The summed E-state index contributed by atoms with van der Waals surface area (Å²) in [5, 5.41) is 20.5. The van der Waals surface area contributed by atoms with Crippen LogP contribution < -0.4 is 10.4 Å². The molecule has 0 aliphatic heterocycles. The topological polar surface area (TPSA) is 111 Å². The van der Waals surface area contributed by atoms with Crippen molar-refractivity contribution in [3.8, 4) is 0 Å². The van der Waals surface area contributed by atoms with Crippen LogP contribution in [0.5, 0.6) is 0 Å². The second kappa shape index (κ2) is 8.80. The van der Waals surface area contributed by atoms with Crippen molar-refractivity contribution in [2.24, 2.45) is 0 Å². The van der Waals surface area contributed by atoms with Crippen LogP contribution >= 0.6 is 35.1 Å². The Labute approximate surface area is 145 Å². The molecule has 0 radical (unpaired) electrons. The van der Waals surface area contributed by atoms with Crippen molar-refractivity contribution in [3.63, 3.8) is 0 Å². The van der Waals surface area contributed by atoms with Crippen LogP contribution in [0.3, 0.4) is 0 Å². The number of rotatable bonds is 8. The molecule has 0 atom stereocenters. The highest BCUT2D eigenvalue weighted by molar-refractivity contribution is 8.00. The van der Waals surface area contributed by atoms with E-state index in [1.165, 1.54) is 11.8 Å². The van der Waals surface area contributed by atoms with E-state index in [0.29, 0.717) is 15.9 Å². The molecule has 1 aromatic heterocycles. The maximum Gasteiger partial charge on any atom is 0.236 e. The first kappa shape index (κ1) is 17.6. The van der Waals surface area contributed by atoms with Crippen LogP contribution in [0.15, 0.2) is 29.4 Å². The van der Waals surface area contributed by atoms with Gasteiger partial charge in [0.15, 0.2) is 0 Å². The highest BCUT2D eigenvalue weighted by Crippen LogP contribution is 2.21. The molecule has 10 heteroatoms. The summed E-state index contributed by atoms with van der Waals surface area (Å²) in [7, 11) is 0. The molecule has 1 heterocycles. The van der Waals surface area contributed by atoms with Crippen molar-refractivity contribution >= 4 is 52.9 Å². The van der Waals surface area contributed by atoms with Crippen molar-refractivity contribution in [1.29, 1.82) is 0 Å². The lowest BCUT2D eigenvalue weighted by molar-refractivity contribution is -0.301. The minimum atomic E-state index is -1.21. The van der Waals surface area contributed by atoms with Gasteiger partial charge in [0.25, 0.3) is 0 Å². The number of nitrogens with one attached hydrogen (secondary N) is 2. The molecule has 122 valence electrons. The van der Waals surface area contributed by atoms with Crippen molar-refractivity contribution < 1.29 is 14.7 Å². The number of aromatic amines is 1. The largest absolute Gasteiger partial charge is 0.549 e. The summed E-state index contributed by atoms with van der Waals surface area (Å²) in [6.07, 6.45) is 0. The summed E-state index contributed by atoms with van der Waals surface area (Å²) in [4.78, 5) is 25.9. The molecule has 2 aromatic rings. The van der Waals surface area contributed by atoms with Crippen LogP contribution in [0.2, 0.25) is 5.02 Å². The lowest BCUT2D eigenvalue weighted by Crippen LogP contribution is -2.25. The van der Waals surface area contributed by atoms with Gasteiger partial charge in [0, 0.05) is 16.5 Å². The fourth-order valence-electron chi connectivity index (χ4n) is 1.49. The number of aromatic nitrogens is 3. The maximum absolute atomic E-state index is 11.6. The standard InChI is InChI=1S/C13H13ClN4O3S2/c14-9-3-1-8(2-4-9)5-23-13-16-12(17-18-13)15-10(19)6-22-7-11(20)21/h1-4H,5-7H2,(H,20,21)(H2,15,16,17,18,19)/p-1. The smallest absolute Gasteiger partial charge is 0.236 e. The predicted molar refractivity (Wildman–Crippen MR) is 88.4 cm³/mol. The van der Waals surface area contributed by atoms with E-state index in [9.17, 15) is 14.7 Å². The van der Waals surface area contributed by atoms with Gasteiger partial charge in [-0.15, -0.1) is 16.9 Å². The average molecular weight is 372 g/mol. The van der Waals surface area contributed by atoms with E-state index >= 15 is 0 Å². The number of nitrogens with zero attached hydrogens (tertiary/aromatic N) is 2. The molecule has 1 aromatic carbocycles. The third kappa shape index (κ3) is 6.51. The number of hydrogen-bond donors (Lipinski definition) is 2. The molecule has 0 saturated carbocycles. The Hall–Kier alpha value is -1.71. The fraction of sp³-hybridized carbons (Fsp3) is 0.231. The molecule has 0 spiro atoms. The van der Waals surface area contributed by atoms with E-state index in [-0.39, 0.29) is 23.4 Å². The monoisotopic (exact) mass is 371 g/mol. The lowest BCUT2D eigenvalue weighted by Gasteiger charge is -2.02. The summed E-state index contributed by atoms with van der Waals surface area (Å²) >= 11 is 8.18. The molecule has 1 amide bonds. The average Bonchev–Trinajstić information content (AvgIpc) is 2.93. The number of H-pyrrole nitrogens is 1. The van der Waals surface area contributed by atoms with Crippen LogP contribution in [0.1, 0.15) is 5.56 Å². The van der Waals surface area contributed by atoms with Crippen LogP contribution in [0.4, 0.5) is 5.95 Å². The first-order chi connectivity index (χ1) is 11.0. The van der Waals surface area contributed by atoms with E-state index in [0.717, 1.165) is 17.3 Å². The van der Waals surface area contributed by atoms with Gasteiger partial charge in [0.1, 0.15) is 0 Å². The molecule has 0 aliphatic carbocycles. The molecule has 2 N–H and O–H groups in total. The van der Waals surface area contributed by atoms with Gasteiger partial charge in [-0.2, -0.15) is 4.98 Å². The highest BCUT2D eigenvalue weighted by Gasteiger charge is 2.08. The van der Waals surface area contributed by atoms with Crippen molar-refractivity contribution in [1.82, 2.24) is 15.2 Å². The molecular formula is C13H12ClN4O3S2-. The van der Waals surface area contributed by atoms with Gasteiger partial charge in [-0.25, -0.2) is 5.10 Å². The Kier molecular flexibility index (Phi) is 6.75. The van der Waals surface area contributed by atoms with Gasteiger partial charge in [-0.1, -0.05) is 35.5 Å². The lowest BCUT2D eigenvalue weighted by atomic mass is 10.2. The number of carbonyl (C=O) groups is 2. The normalized spacial score (nSPS) is 10.5. The highest BCUT2D eigenvalue weighted by atomic mass is 35.5. The molecule has 0 fully saturated rings. The van der Waals surface area contributed by atoms with Gasteiger partial charge in [0.05, 0.1) is 11.7 Å². The van der Waals surface area contributed by atoms with E-state index < -0.39 is 5.97 Å². The van der Waals surface area contributed by atoms with E-state index in [2.05, 4.69) is 20.5 Å². The molecule has 0 unspecified atom stereocenters. The Morgan fingerprint density at radius 1 is 1.26 bits per heavy atom. The number of halogens is 1. The summed E-state index contributed by atoms with van der Waals surface area (Å²) < 4.78 is 0. The van der Waals surface area contributed by atoms with Crippen LogP contribution in [-0.4, -0.2) is 38.6 Å². The number of carboxylic acid groups (broad SMARTS) is 1. The third-order valence-corrected chi connectivity index (χ3v) is 4.53. The summed E-state index contributed by atoms with van der Waals surface area (Å²) in [5.41, 5.74) is 1.08. The Bertz CT molecular complexity index is 678. The Morgan fingerprint density at radius 2 is 2.00 bits per heavy atom. The van der Waals surface area contributed by atoms with Crippen molar-refractivity contribution in [2.75, 3.05) is 16.8 Å². The number of carbonyl (C=O) groups excluding carboxylic acids is 2. The van der Waals surface area contributed by atoms with Gasteiger partial charge < -0.3 is 9.90 Å². The summed E-state index contributed by atoms with van der Waals surface area (Å²) in [6, 6.07) is 7.45. The minimum Gasteiger partial charge on any atom is -0.549 e. The predicted octanol–water partition coefficient (Wildman–Crippen LogP) is 1.17. The molecule has 7 nitrogen and oxygen atoms in total. The second-order valence-electron chi connectivity index (χ2n) is 4.29. The first-order valence-electron chi connectivity index (χ1n) is 6.40. The Morgan fingerprint density at radius 3 is 2.70 bits per heavy atom. The number of aliphatic carboxylic acids is 1. The molecule has 0 aliphatic rings. The zero-order chi connectivity index (χ0) is 16.7. The Balaban J connectivity index is 1.77. The molecule has 23 heavy (non-hydrogen) atoms. The van der Waals surface area contributed by atoms with Crippen LogP contribution in [0.25, 0.3) is 0 Å². The SMILES string of the molecule is O=C([O-])CSCC(=O)Nc1nc(SCc2ccc(Cl)cc2)n[nH]1.